The summed E-state index contributed by atoms with van der Waals surface area (Å²) in [6.07, 6.45) is -0.732. The van der Waals surface area contributed by atoms with Gasteiger partial charge in [0.15, 0.2) is 11.5 Å². The van der Waals surface area contributed by atoms with Gasteiger partial charge in [0.05, 0.1) is 0 Å². The Hall–Kier alpha value is -1.91. The van der Waals surface area contributed by atoms with E-state index in [1.165, 1.54) is 0 Å². The quantitative estimate of drug-likeness (QED) is 0.611. The summed E-state index contributed by atoms with van der Waals surface area (Å²) in [6, 6.07) is 5.00. The summed E-state index contributed by atoms with van der Waals surface area (Å²) >= 11 is 0. The lowest BCUT2D eigenvalue weighted by atomic mass is 10.2. The number of carbonyl (C=O) groups excluding carboxylic acids is 1. The summed E-state index contributed by atoms with van der Waals surface area (Å²) in [5.41, 5.74) is 11.2. The zero-order valence-electron chi connectivity index (χ0n) is 7.40. The van der Waals surface area contributed by atoms with E-state index in [1.54, 1.807) is 18.2 Å². The zero-order valence-corrected chi connectivity index (χ0v) is 7.40. The van der Waals surface area contributed by atoms with Crippen LogP contribution in [0.2, 0.25) is 0 Å². The van der Waals surface area contributed by atoms with Gasteiger partial charge in [0.25, 0.3) is 5.91 Å². The number of fused-ring (bicyclic) bond motifs is 1. The van der Waals surface area contributed by atoms with E-state index in [0.717, 1.165) is 0 Å². The highest BCUT2D eigenvalue weighted by Crippen LogP contribution is 2.33. The van der Waals surface area contributed by atoms with Crippen molar-refractivity contribution in [2.45, 2.75) is 6.10 Å². The number of primary amides is 1. The Labute approximate surface area is 80.6 Å². The molecule has 0 bridgehead atoms. The molecule has 1 aromatic carbocycles. The molecule has 0 aromatic heterocycles. The SMILES string of the molecule is NC(=O)[C@H]1COc2ccc(N)cc2O1. The number of nitrogens with two attached hydrogens (primary N) is 2. The Kier molecular flexibility index (Phi) is 1.92. The maximum Gasteiger partial charge on any atom is 0.262 e. The van der Waals surface area contributed by atoms with E-state index >= 15 is 0 Å². The van der Waals surface area contributed by atoms with Crippen LogP contribution in [0.15, 0.2) is 18.2 Å². The number of amides is 1. The molecule has 1 atom stereocenters. The van der Waals surface area contributed by atoms with E-state index in [1.807, 2.05) is 0 Å². The number of nitrogen functional groups attached to an aromatic ring is 1. The molecule has 74 valence electrons. The summed E-state index contributed by atoms with van der Waals surface area (Å²) in [6.45, 7) is 0.145. The summed E-state index contributed by atoms with van der Waals surface area (Å²) < 4.78 is 10.6. The monoisotopic (exact) mass is 194 g/mol. The molecule has 1 amide bonds. The van der Waals surface area contributed by atoms with Gasteiger partial charge in [-0.15, -0.1) is 0 Å². The Balaban J connectivity index is 2.29. The summed E-state index contributed by atoms with van der Waals surface area (Å²) in [7, 11) is 0. The molecule has 1 aliphatic rings. The first kappa shape index (κ1) is 8.68. The normalized spacial score (nSPS) is 19.0. The minimum Gasteiger partial charge on any atom is -0.485 e. The first-order valence-electron chi connectivity index (χ1n) is 4.15. The number of ether oxygens (including phenoxy) is 2. The Bertz CT molecular complexity index is 378. The van der Waals surface area contributed by atoms with Gasteiger partial charge in [-0.25, -0.2) is 0 Å². The lowest BCUT2D eigenvalue weighted by Crippen LogP contribution is -2.40. The van der Waals surface area contributed by atoms with E-state index in [2.05, 4.69) is 0 Å². The van der Waals surface area contributed by atoms with Crippen LogP contribution in [0.5, 0.6) is 11.5 Å². The number of hydrogen-bond acceptors (Lipinski definition) is 4. The summed E-state index contributed by atoms with van der Waals surface area (Å²) in [4.78, 5) is 10.8. The van der Waals surface area contributed by atoms with Crippen molar-refractivity contribution in [3.63, 3.8) is 0 Å². The molecule has 14 heavy (non-hydrogen) atoms. The van der Waals surface area contributed by atoms with Gasteiger partial charge >= 0.3 is 0 Å². The average molecular weight is 194 g/mol. The predicted octanol–water partition coefficient (Wildman–Crippen LogP) is -0.106. The number of carbonyl (C=O) groups is 1. The Morgan fingerprint density at radius 2 is 2.21 bits per heavy atom. The van der Waals surface area contributed by atoms with Crippen LogP contribution in [-0.2, 0) is 4.79 Å². The van der Waals surface area contributed by atoms with Crippen LogP contribution >= 0.6 is 0 Å². The number of benzene rings is 1. The second-order valence-corrected chi connectivity index (χ2v) is 3.03. The van der Waals surface area contributed by atoms with Crippen LogP contribution < -0.4 is 20.9 Å². The summed E-state index contributed by atoms with van der Waals surface area (Å²) in [5.74, 6) is 0.495. The smallest absolute Gasteiger partial charge is 0.262 e. The molecular formula is C9H10N2O3. The Morgan fingerprint density at radius 3 is 2.93 bits per heavy atom. The van der Waals surface area contributed by atoms with Crippen LogP contribution in [-0.4, -0.2) is 18.6 Å². The molecule has 0 aliphatic carbocycles. The second kappa shape index (κ2) is 3.10. The third-order valence-corrected chi connectivity index (χ3v) is 1.94. The van der Waals surface area contributed by atoms with Crippen molar-refractivity contribution in [1.29, 1.82) is 0 Å². The topological polar surface area (TPSA) is 87.6 Å². The van der Waals surface area contributed by atoms with Gasteiger partial charge < -0.3 is 20.9 Å². The van der Waals surface area contributed by atoms with Crippen molar-refractivity contribution in [3.8, 4) is 11.5 Å². The van der Waals surface area contributed by atoms with Gasteiger partial charge in [0.2, 0.25) is 6.10 Å². The van der Waals surface area contributed by atoms with Crippen molar-refractivity contribution in [1.82, 2.24) is 0 Å². The number of hydrogen-bond donors (Lipinski definition) is 2. The van der Waals surface area contributed by atoms with Gasteiger partial charge in [-0.05, 0) is 12.1 Å². The molecule has 1 aliphatic heterocycles. The summed E-state index contributed by atoms with van der Waals surface area (Å²) in [5, 5.41) is 0. The highest BCUT2D eigenvalue weighted by atomic mass is 16.6. The fraction of sp³-hybridized carbons (Fsp3) is 0.222. The average Bonchev–Trinajstić information content (AvgIpc) is 2.16. The third kappa shape index (κ3) is 1.44. The molecule has 5 heteroatoms. The molecule has 4 N–H and O–H groups in total. The molecule has 0 fully saturated rings. The van der Waals surface area contributed by atoms with Gasteiger partial charge in [0.1, 0.15) is 6.61 Å². The molecule has 0 radical (unpaired) electrons. The third-order valence-electron chi connectivity index (χ3n) is 1.94. The minimum atomic E-state index is -0.732. The van der Waals surface area contributed by atoms with Crippen LogP contribution in [0.4, 0.5) is 5.69 Å². The fourth-order valence-corrected chi connectivity index (χ4v) is 1.23. The molecule has 1 heterocycles. The van der Waals surface area contributed by atoms with Crippen LogP contribution in [0, 0.1) is 0 Å². The van der Waals surface area contributed by atoms with Crippen molar-refractivity contribution in [3.05, 3.63) is 18.2 Å². The van der Waals surface area contributed by atoms with Crippen LogP contribution in [0.1, 0.15) is 0 Å². The van der Waals surface area contributed by atoms with E-state index in [0.29, 0.717) is 17.2 Å². The van der Waals surface area contributed by atoms with Crippen molar-refractivity contribution in [2.75, 3.05) is 12.3 Å². The van der Waals surface area contributed by atoms with Crippen LogP contribution in [0.25, 0.3) is 0 Å². The Morgan fingerprint density at radius 1 is 1.43 bits per heavy atom. The fourth-order valence-electron chi connectivity index (χ4n) is 1.23. The molecule has 0 spiro atoms. The van der Waals surface area contributed by atoms with Gasteiger partial charge in [0, 0.05) is 11.8 Å². The largest absolute Gasteiger partial charge is 0.485 e. The van der Waals surface area contributed by atoms with E-state index < -0.39 is 12.0 Å². The van der Waals surface area contributed by atoms with Gasteiger partial charge in [-0.1, -0.05) is 0 Å². The van der Waals surface area contributed by atoms with Crippen molar-refractivity contribution in [2.24, 2.45) is 5.73 Å². The molecule has 0 saturated carbocycles. The first-order valence-corrected chi connectivity index (χ1v) is 4.15. The minimum absolute atomic E-state index is 0.145. The second-order valence-electron chi connectivity index (χ2n) is 3.03. The lowest BCUT2D eigenvalue weighted by molar-refractivity contribution is -0.127. The molecule has 0 saturated heterocycles. The predicted molar refractivity (Wildman–Crippen MR) is 50.0 cm³/mol. The maximum absolute atomic E-state index is 10.8. The lowest BCUT2D eigenvalue weighted by Gasteiger charge is -2.24. The highest BCUT2D eigenvalue weighted by Gasteiger charge is 2.25. The molecular weight excluding hydrogens is 184 g/mol. The van der Waals surface area contributed by atoms with E-state index in [9.17, 15) is 4.79 Å². The first-order chi connectivity index (χ1) is 6.66. The molecule has 1 aromatic rings. The zero-order chi connectivity index (χ0) is 10.1. The van der Waals surface area contributed by atoms with Crippen molar-refractivity contribution < 1.29 is 14.3 Å². The van der Waals surface area contributed by atoms with Crippen molar-refractivity contribution >= 4 is 11.6 Å². The maximum atomic E-state index is 10.8. The number of anilines is 1. The standard InChI is InChI=1S/C9H10N2O3/c10-5-1-2-6-7(3-5)14-8(4-13-6)9(11)12/h1-3,8H,4,10H2,(H2,11,12)/t8-/m1/s1. The highest BCUT2D eigenvalue weighted by molar-refractivity contribution is 5.80. The van der Waals surface area contributed by atoms with Crippen LogP contribution in [0.3, 0.4) is 0 Å². The molecule has 0 unspecified atom stereocenters. The number of rotatable bonds is 1. The molecule has 5 nitrogen and oxygen atoms in total. The van der Waals surface area contributed by atoms with Gasteiger partial charge in [-0.2, -0.15) is 0 Å². The van der Waals surface area contributed by atoms with E-state index in [-0.39, 0.29) is 6.61 Å². The van der Waals surface area contributed by atoms with E-state index in [4.69, 9.17) is 20.9 Å². The van der Waals surface area contributed by atoms with Gasteiger partial charge in [-0.3, -0.25) is 4.79 Å². The molecule has 2 rings (SSSR count).